The zero-order valence-electron chi connectivity index (χ0n) is 12.5. The van der Waals surface area contributed by atoms with E-state index in [-0.39, 0.29) is 6.10 Å². The minimum Gasteiger partial charge on any atom is -0.382 e. The first kappa shape index (κ1) is 16.1. The third kappa shape index (κ3) is 4.89. The van der Waals surface area contributed by atoms with Crippen LogP contribution in [-0.2, 0) is 22.5 Å². The number of nitrogens with two attached hydrogens (primary N) is 1. The second kappa shape index (κ2) is 8.24. The van der Waals surface area contributed by atoms with Crippen molar-refractivity contribution in [1.82, 2.24) is 4.98 Å². The van der Waals surface area contributed by atoms with Gasteiger partial charge in [0.25, 0.3) is 0 Å². The Morgan fingerprint density at radius 2 is 2.05 bits per heavy atom. The molecule has 5 heteroatoms. The van der Waals surface area contributed by atoms with E-state index in [9.17, 15) is 0 Å². The molecule has 1 unspecified atom stereocenters. The molecule has 2 aromatic rings. The maximum atomic E-state index is 5.70. The molecule has 2 N–H and O–H groups in total. The first-order chi connectivity index (χ1) is 10.2. The molecule has 0 saturated carbocycles. The van der Waals surface area contributed by atoms with E-state index in [4.69, 9.17) is 15.2 Å². The lowest BCUT2D eigenvalue weighted by Gasteiger charge is -2.11. The average molecular weight is 306 g/mol. The van der Waals surface area contributed by atoms with E-state index in [0.717, 1.165) is 28.2 Å². The summed E-state index contributed by atoms with van der Waals surface area (Å²) in [6.07, 6.45) is 0.937. The fourth-order valence-electron chi connectivity index (χ4n) is 1.97. The van der Waals surface area contributed by atoms with Gasteiger partial charge in [0.15, 0.2) is 0 Å². The predicted molar refractivity (Wildman–Crippen MR) is 86.4 cm³/mol. The first-order valence-corrected chi connectivity index (χ1v) is 7.95. The summed E-state index contributed by atoms with van der Waals surface area (Å²) in [5, 5.41) is 3.12. The van der Waals surface area contributed by atoms with Gasteiger partial charge in [-0.25, -0.2) is 4.98 Å². The molecule has 0 spiro atoms. The number of aromatic nitrogens is 1. The van der Waals surface area contributed by atoms with Crippen LogP contribution in [0, 0.1) is 0 Å². The summed E-state index contributed by atoms with van der Waals surface area (Å²) in [4.78, 5) is 4.59. The summed E-state index contributed by atoms with van der Waals surface area (Å²) >= 11 is 1.66. The van der Waals surface area contributed by atoms with Crippen LogP contribution >= 0.6 is 11.3 Å². The van der Waals surface area contributed by atoms with Crippen molar-refractivity contribution in [3.63, 3.8) is 0 Å². The van der Waals surface area contributed by atoms with Gasteiger partial charge in [0.2, 0.25) is 0 Å². The van der Waals surface area contributed by atoms with Crippen LogP contribution in [0.2, 0.25) is 0 Å². The lowest BCUT2D eigenvalue weighted by Crippen LogP contribution is -2.14. The largest absolute Gasteiger partial charge is 0.382 e. The molecule has 1 aromatic heterocycles. The van der Waals surface area contributed by atoms with E-state index in [2.05, 4.69) is 34.6 Å². The quantitative estimate of drug-likeness (QED) is 0.815. The summed E-state index contributed by atoms with van der Waals surface area (Å²) in [5.74, 6) is 0. The van der Waals surface area contributed by atoms with Crippen molar-refractivity contribution in [1.29, 1.82) is 0 Å². The molecule has 4 nitrogen and oxygen atoms in total. The molecule has 0 saturated heterocycles. The number of nitrogens with zero attached hydrogens (tertiary/aromatic N) is 1. The number of thiazole rings is 1. The van der Waals surface area contributed by atoms with Crippen LogP contribution in [0.15, 0.2) is 29.6 Å². The van der Waals surface area contributed by atoms with Gasteiger partial charge in [-0.2, -0.15) is 0 Å². The molecule has 0 aliphatic heterocycles. The molecule has 21 heavy (non-hydrogen) atoms. The van der Waals surface area contributed by atoms with Crippen molar-refractivity contribution in [2.75, 3.05) is 20.3 Å². The third-order valence-electron chi connectivity index (χ3n) is 3.09. The van der Waals surface area contributed by atoms with Gasteiger partial charge in [-0.15, -0.1) is 11.3 Å². The average Bonchev–Trinajstić information content (AvgIpc) is 2.95. The van der Waals surface area contributed by atoms with Gasteiger partial charge in [0.05, 0.1) is 25.0 Å². The van der Waals surface area contributed by atoms with Gasteiger partial charge in [-0.3, -0.25) is 0 Å². The lowest BCUT2D eigenvalue weighted by atomic mass is 10.1. The topological polar surface area (TPSA) is 57.4 Å². The summed E-state index contributed by atoms with van der Waals surface area (Å²) < 4.78 is 10.7. The summed E-state index contributed by atoms with van der Waals surface area (Å²) in [5.41, 5.74) is 8.91. The van der Waals surface area contributed by atoms with Crippen molar-refractivity contribution in [3.05, 3.63) is 40.9 Å². The summed E-state index contributed by atoms with van der Waals surface area (Å²) in [7, 11) is 1.68. The second-order valence-corrected chi connectivity index (χ2v) is 5.81. The lowest BCUT2D eigenvalue weighted by molar-refractivity contribution is -0.000121. The molecular formula is C16H22N2O2S. The van der Waals surface area contributed by atoms with E-state index in [1.54, 1.807) is 18.4 Å². The fraction of sp³-hybridized carbons (Fsp3) is 0.438. The monoisotopic (exact) mass is 306 g/mol. The van der Waals surface area contributed by atoms with Crippen LogP contribution in [-0.4, -0.2) is 31.3 Å². The van der Waals surface area contributed by atoms with Crippen LogP contribution in [0.1, 0.15) is 18.2 Å². The fourth-order valence-corrected chi connectivity index (χ4v) is 2.83. The molecule has 0 bridgehead atoms. The standard InChI is InChI=1S/C16H22N2O2S/c1-12(9-19-2)20-10-13-3-5-14(6-4-13)16-18-15(7-8-17)11-21-16/h3-6,11-12H,7-10,17H2,1-2H3. The normalized spacial score (nSPS) is 12.5. The number of benzene rings is 1. The minimum absolute atomic E-state index is 0.104. The number of ether oxygens (including phenoxy) is 2. The smallest absolute Gasteiger partial charge is 0.123 e. The van der Waals surface area contributed by atoms with Crippen LogP contribution in [0.5, 0.6) is 0 Å². The van der Waals surface area contributed by atoms with Gasteiger partial charge >= 0.3 is 0 Å². The number of hydrogen-bond acceptors (Lipinski definition) is 5. The van der Waals surface area contributed by atoms with E-state index < -0.39 is 0 Å². The predicted octanol–water partition coefficient (Wildman–Crippen LogP) is 2.86. The van der Waals surface area contributed by atoms with Gasteiger partial charge < -0.3 is 15.2 Å². The maximum absolute atomic E-state index is 5.70. The summed E-state index contributed by atoms with van der Waals surface area (Å²) in [6, 6.07) is 8.34. The highest BCUT2D eigenvalue weighted by atomic mass is 32.1. The van der Waals surface area contributed by atoms with Gasteiger partial charge in [0, 0.05) is 24.5 Å². The Labute approximate surface area is 129 Å². The van der Waals surface area contributed by atoms with Crippen LogP contribution in [0.4, 0.5) is 0 Å². The molecule has 114 valence electrons. The van der Waals surface area contributed by atoms with Crippen LogP contribution in [0.3, 0.4) is 0 Å². The number of methoxy groups -OCH3 is 1. The van der Waals surface area contributed by atoms with Gasteiger partial charge in [-0.05, 0) is 19.0 Å². The van der Waals surface area contributed by atoms with E-state index in [0.29, 0.717) is 19.8 Å². The molecule has 1 atom stereocenters. The summed E-state index contributed by atoms with van der Waals surface area (Å²) in [6.45, 7) is 3.85. The van der Waals surface area contributed by atoms with Crippen LogP contribution < -0.4 is 5.73 Å². The second-order valence-electron chi connectivity index (χ2n) is 4.96. The van der Waals surface area contributed by atoms with Gasteiger partial charge in [0.1, 0.15) is 5.01 Å². The van der Waals surface area contributed by atoms with Crippen molar-refractivity contribution < 1.29 is 9.47 Å². The zero-order chi connectivity index (χ0) is 15.1. The molecular weight excluding hydrogens is 284 g/mol. The van der Waals surface area contributed by atoms with Crippen molar-refractivity contribution in [2.24, 2.45) is 5.73 Å². The third-order valence-corrected chi connectivity index (χ3v) is 4.03. The molecule has 0 fully saturated rings. The highest BCUT2D eigenvalue weighted by Gasteiger charge is 2.05. The Kier molecular flexibility index (Phi) is 6.32. The molecule has 0 aliphatic rings. The first-order valence-electron chi connectivity index (χ1n) is 7.07. The van der Waals surface area contributed by atoms with Crippen molar-refractivity contribution in [3.8, 4) is 10.6 Å². The Balaban J connectivity index is 1.94. The maximum Gasteiger partial charge on any atom is 0.123 e. The molecule has 0 aliphatic carbocycles. The van der Waals surface area contributed by atoms with Crippen molar-refractivity contribution in [2.45, 2.75) is 26.1 Å². The van der Waals surface area contributed by atoms with E-state index in [1.807, 2.05) is 6.92 Å². The SMILES string of the molecule is COCC(C)OCc1ccc(-c2nc(CCN)cs2)cc1. The Morgan fingerprint density at radius 1 is 1.29 bits per heavy atom. The molecule has 1 aromatic carbocycles. The number of hydrogen-bond donors (Lipinski definition) is 1. The molecule has 1 heterocycles. The van der Waals surface area contributed by atoms with E-state index >= 15 is 0 Å². The highest BCUT2D eigenvalue weighted by Crippen LogP contribution is 2.24. The molecule has 0 radical (unpaired) electrons. The Morgan fingerprint density at radius 3 is 2.71 bits per heavy atom. The molecule has 0 amide bonds. The molecule has 2 rings (SSSR count). The van der Waals surface area contributed by atoms with Crippen molar-refractivity contribution >= 4 is 11.3 Å². The Hall–Kier alpha value is -1.27. The van der Waals surface area contributed by atoms with E-state index in [1.165, 1.54) is 0 Å². The zero-order valence-corrected chi connectivity index (χ0v) is 13.4. The Bertz CT molecular complexity index is 539. The minimum atomic E-state index is 0.104. The van der Waals surface area contributed by atoms with Crippen LogP contribution in [0.25, 0.3) is 10.6 Å². The highest BCUT2D eigenvalue weighted by molar-refractivity contribution is 7.13. The van der Waals surface area contributed by atoms with Gasteiger partial charge in [-0.1, -0.05) is 24.3 Å². The number of rotatable bonds is 8.